The number of rotatable bonds is 3. The summed E-state index contributed by atoms with van der Waals surface area (Å²) in [5.41, 5.74) is 8.87. The van der Waals surface area contributed by atoms with Crippen LogP contribution in [0.2, 0.25) is 0 Å². The second kappa shape index (κ2) is 5.54. The fourth-order valence-corrected chi connectivity index (χ4v) is 2.55. The molecule has 0 spiro atoms. The van der Waals surface area contributed by atoms with E-state index >= 15 is 0 Å². The SMILES string of the molecule is CCN(N=Cc1ccc2[nH]c3ccccc3c2c1)C(N)=S. The Morgan fingerprint density at radius 1 is 1.24 bits per heavy atom. The monoisotopic (exact) mass is 296 g/mol. The summed E-state index contributed by atoms with van der Waals surface area (Å²) in [5.74, 6) is 0. The lowest BCUT2D eigenvalue weighted by atomic mass is 10.1. The fourth-order valence-electron chi connectivity index (χ4n) is 2.38. The van der Waals surface area contributed by atoms with Gasteiger partial charge in [0.05, 0.1) is 6.21 Å². The molecule has 1 heterocycles. The number of fused-ring (bicyclic) bond motifs is 3. The van der Waals surface area contributed by atoms with Crippen LogP contribution in [0.15, 0.2) is 47.6 Å². The first-order valence-electron chi connectivity index (χ1n) is 6.80. The summed E-state index contributed by atoms with van der Waals surface area (Å²) in [6.07, 6.45) is 1.78. The average Bonchev–Trinajstić information content (AvgIpc) is 2.85. The molecule has 0 saturated carbocycles. The summed E-state index contributed by atoms with van der Waals surface area (Å²) in [6.45, 7) is 2.61. The van der Waals surface area contributed by atoms with Gasteiger partial charge in [0.15, 0.2) is 5.11 Å². The zero-order chi connectivity index (χ0) is 14.8. The molecule has 3 aromatic rings. The predicted molar refractivity (Wildman–Crippen MR) is 92.6 cm³/mol. The van der Waals surface area contributed by atoms with E-state index in [9.17, 15) is 0 Å². The number of aromatic amines is 1. The van der Waals surface area contributed by atoms with Crippen LogP contribution in [0.25, 0.3) is 21.8 Å². The second-order valence-corrected chi connectivity index (χ2v) is 5.19. The number of hydrogen-bond donors (Lipinski definition) is 2. The van der Waals surface area contributed by atoms with Gasteiger partial charge in [0.25, 0.3) is 0 Å². The van der Waals surface area contributed by atoms with E-state index in [1.165, 1.54) is 10.8 Å². The Morgan fingerprint density at radius 3 is 2.76 bits per heavy atom. The molecule has 0 aliphatic carbocycles. The Bertz CT molecular complexity index is 835. The number of aromatic nitrogens is 1. The minimum absolute atomic E-state index is 0.280. The third-order valence-corrected chi connectivity index (χ3v) is 3.64. The Labute approximate surface area is 128 Å². The summed E-state index contributed by atoms with van der Waals surface area (Å²) < 4.78 is 0. The summed E-state index contributed by atoms with van der Waals surface area (Å²) >= 11 is 4.94. The van der Waals surface area contributed by atoms with E-state index in [0.717, 1.165) is 16.6 Å². The van der Waals surface area contributed by atoms with Crippen LogP contribution in [-0.2, 0) is 0 Å². The zero-order valence-corrected chi connectivity index (χ0v) is 12.5. The number of thiocarbonyl (C=S) groups is 1. The largest absolute Gasteiger partial charge is 0.375 e. The van der Waals surface area contributed by atoms with Gasteiger partial charge in [-0.15, -0.1) is 0 Å². The third-order valence-electron chi connectivity index (χ3n) is 3.43. The third kappa shape index (κ3) is 2.60. The van der Waals surface area contributed by atoms with Gasteiger partial charge in [0.1, 0.15) is 0 Å². The quantitative estimate of drug-likeness (QED) is 0.443. The summed E-state index contributed by atoms with van der Waals surface area (Å²) in [4.78, 5) is 3.40. The molecular formula is C16H16N4S. The minimum Gasteiger partial charge on any atom is -0.375 e. The van der Waals surface area contributed by atoms with Crippen LogP contribution in [0, 0.1) is 0 Å². The number of nitrogens with zero attached hydrogens (tertiary/aromatic N) is 2. The molecule has 1 aromatic heterocycles. The van der Waals surface area contributed by atoms with Crippen LogP contribution in [-0.4, -0.2) is 27.9 Å². The molecule has 0 radical (unpaired) electrons. The molecule has 3 N–H and O–H groups in total. The van der Waals surface area contributed by atoms with Gasteiger partial charge in [-0.2, -0.15) is 5.10 Å². The minimum atomic E-state index is 0.280. The lowest BCUT2D eigenvalue weighted by Crippen LogP contribution is -2.30. The van der Waals surface area contributed by atoms with Crippen molar-refractivity contribution in [3.05, 3.63) is 48.0 Å². The zero-order valence-electron chi connectivity index (χ0n) is 11.7. The number of benzene rings is 2. The van der Waals surface area contributed by atoms with Crippen LogP contribution < -0.4 is 5.73 Å². The van der Waals surface area contributed by atoms with Crippen molar-refractivity contribution in [2.24, 2.45) is 10.8 Å². The summed E-state index contributed by atoms with van der Waals surface area (Å²) in [7, 11) is 0. The first-order valence-corrected chi connectivity index (χ1v) is 7.21. The van der Waals surface area contributed by atoms with Crippen LogP contribution in [0.1, 0.15) is 12.5 Å². The Morgan fingerprint density at radius 2 is 2.00 bits per heavy atom. The normalized spacial score (nSPS) is 11.5. The molecule has 0 amide bonds. The van der Waals surface area contributed by atoms with Crippen LogP contribution in [0.3, 0.4) is 0 Å². The lowest BCUT2D eigenvalue weighted by molar-refractivity contribution is 0.477. The van der Waals surface area contributed by atoms with E-state index in [0.29, 0.717) is 6.54 Å². The Hall–Kier alpha value is -2.40. The molecule has 3 rings (SSSR count). The predicted octanol–water partition coefficient (Wildman–Crippen LogP) is 3.22. The van der Waals surface area contributed by atoms with Crippen molar-refractivity contribution >= 4 is 45.4 Å². The van der Waals surface area contributed by atoms with Gasteiger partial charge in [0.2, 0.25) is 0 Å². The van der Waals surface area contributed by atoms with E-state index in [1.807, 2.05) is 25.1 Å². The van der Waals surface area contributed by atoms with Gasteiger partial charge < -0.3 is 10.7 Å². The van der Waals surface area contributed by atoms with Crippen LogP contribution in [0.5, 0.6) is 0 Å². The number of nitrogens with two attached hydrogens (primary N) is 1. The molecule has 4 nitrogen and oxygen atoms in total. The number of hydrazone groups is 1. The van der Waals surface area contributed by atoms with Gasteiger partial charge in [-0.1, -0.05) is 24.3 Å². The van der Waals surface area contributed by atoms with Crippen molar-refractivity contribution in [3.63, 3.8) is 0 Å². The van der Waals surface area contributed by atoms with E-state index in [2.05, 4.69) is 34.4 Å². The number of para-hydroxylation sites is 1. The molecule has 0 aliphatic heterocycles. The number of hydrogen-bond acceptors (Lipinski definition) is 2. The van der Waals surface area contributed by atoms with Gasteiger partial charge in [-0.05, 0) is 42.9 Å². The first-order chi connectivity index (χ1) is 10.2. The molecule has 0 fully saturated rings. The average molecular weight is 296 g/mol. The van der Waals surface area contributed by atoms with Gasteiger partial charge in [-0.25, -0.2) is 5.01 Å². The van der Waals surface area contributed by atoms with Crippen molar-refractivity contribution in [1.82, 2.24) is 9.99 Å². The lowest BCUT2D eigenvalue weighted by Gasteiger charge is -2.13. The second-order valence-electron chi connectivity index (χ2n) is 4.77. The summed E-state index contributed by atoms with van der Waals surface area (Å²) in [6, 6.07) is 14.5. The Balaban J connectivity index is 2.02. The highest BCUT2D eigenvalue weighted by atomic mass is 32.1. The molecule has 21 heavy (non-hydrogen) atoms. The van der Waals surface area contributed by atoms with Crippen molar-refractivity contribution in [2.75, 3.05) is 6.54 Å². The highest BCUT2D eigenvalue weighted by molar-refractivity contribution is 7.80. The van der Waals surface area contributed by atoms with Gasteiger partial charge in [-0.3, -0.25) is 0 Å². The maximum absolute atomic E-state index is 5.60. The summed E-state index contributed by atoms with van der Waals surface area (Å²) in [5, 5.41) is 8.59. The molecule has 106 valence electrons. The fraction of sp³-hybridized carbons (Fsp3) is 0.125. The number of nitrogens with one attached hydrogen (secondary N) is 1. The van der Waals surface area contributed by atoms with E-state index < -0.39 is 0 Å². The molecule has 5 heteroatoms. The van der Waals surface area contributed by atoms with Crippen molar-refractivity contribution < 1.29 is 0 Å². The van der Waals surface area contributed by atoms with Crippen LogP contribution >= 0.6 is 12.2 Å². The van der Waals surface area contributed by atoms with E-state index in [4.69, 9.17) is 18.0 Å². The molecular weight excluding hydrogens is 280 g/mol. The molecule has 2 aromatic carbocycles. The molecule has 0 saturated heterocycles. The maximum Gasteiger partial charge on any atom is 0.186 e. The molecule has 0 aliphatic rings. The molecule has 0 atom stereocenters. The highest BCUT2D eigenvalue weighted by Gasteiger charge is 2.04. The Kier molecular flexibility index (Phi) is 3.58. The molecule has 0 bridgehead atoms. The van der Waals surface area contributed by atoms with E-state index in [1.54, 1.807) is 11.2 Å². The van der Waals surface area contributed by atoms with Gasteiger partial charge >= 0.3 is 0 Å². The first kappa shape index (κ1) is 13.6. The smallest absolute Gasteiger partial charge is 0.186 e. The standard InChI is InChI=1S/C16H16N4S/c1-2-20(16(17)21)18-10-11-7-8-15-13(9-11)12-5-3-4-6-14(12)19-15/h3-10,19H,2H2,1H3,(H2,17,21). The van der Waals surface area contributed by atoms with Crippen molar-refractivity contribution in [1.29, 1.82) is 0 Å². The van der Waals surface area contributed by atoms with Crippen molar-refractivity contribution in [2.45, 2.75) is 6.92 Å². The highest BCUT2D eigenvalue weighted by Crippen LogP contribution is 2.25. The topological polar surface area (TPSA) is 57.4 Å². The van der Waals surface area contributed by atoms with Crippen LogP contribution in [0.4, 0.5) is 0 Å². The van der Waals surface area contributed by atoms with Gasteiger partial charge in [0, 0.05) is 28.4 Å². The van der Waals surface area contributed by atoms with E-state index in [-0.39, 0.29) is 5.11 Å². The van der Waals surface area contributed by atoms with Crippen molar-refractivity contribution in [3.8, 4) is 0 Å². The maximum atomic E-state index is 5.60. The molecule has 0 unspecified atom stereocenters. The number of H-pyrrole nitrogens is 1.